The molecule has 2 unspecified atom stereocenters. The number of amides is 1. The summed E-state index contributed by atoms with van der Waals surface area (Å²) in [5, 5.41) is 0. The molecule has 1 aliphatic heterocycles. The Bertz CT molecular complexity index is 396. The molecule has 2 rings (SSSR count). The van der Waals surface area contributed by atoms with Gasteiger partial charge in [-0.25, -0.2) is 0 Å². The van der Waals surface area contributed by atoms with Gasteiger partial charge in [0.1, 0.15) is 0 Å². The molecule has 19 heavy (non-hydrogen) atoms. The highest BCUT2D eigenvalue weighted by Gasteiger charge is 2.29. The van der Waals surface area contributed by atoms with Crippen LogP contribution >= 0.6 is 12.4 Å². The van der Waals surface area contributed by atoms with Crippen molar-refractivity contribution in [3.8, 4) is 0 Å². The second-order valence-electron chi connectivity index (χ2n) is 5.08. The van der Waals surface area contributed by atoms with Crippen molar-refractivity contribution in [2.75, 3.05) is 13.1 Å². The molecule has 2 N–H and O–H groups in total. The molecule has 4 heteroatoms. The van der Waals surface area contributed by atoms with Crippen LogP contribution < -0.4 is 5.73 Å². The molecular formula is C15H23ClN2O. The summed E-state index contributed by atoms with van der Waals surface area (Å²) in [4.78, 5) is 14.6. The summed E-state index contributed by atoms with van der Waals surface area (Å²) in [5.74, 6) is 0.00245. The summed E-state index contributed by atoms with van der Waals surface area (Å²) in [6, 6.07) is 10.2. The first-order chi connectivity index (χ1) is 8.74. The highest BCUT2D eigenvalue weighted by atomic mass is 35.5. The Balaban J connectivity index is 0.00000180. The molecule has 0 saturated carbocycles. The highest BCUT2D eigenvalue weighted by molar-refractivity contribution is 5.85. The number of halogens is 1. The van der Waals surface area contributed by atoms with Gasteiger partial charge in [-0.15, -0.1) is 12.4 Å². The predicted molar refractivity (Wildman–Crippen MR) is 80.5 cm³/mol. The van der Waals surface area contributed by atoms with Crippen molar-refractivity contribution >= 4 is 18.3 Å². The van der Waals surface area contributed by atoms with E-state index in [-0.39, 0.29) is 24.2 Å². The number of rotatable bonds is 3. The Morgan fingerprint density at radius 3 is 2.63 bits per heavy atom. The van der Waals surface area contributed by atoms with Crippen LogP contribution in [-0.2, 0) is 4.79 Å². The van der Waals surface area contributed by atoms with E-state index in [1.165, 1.54) is 6.42 Å². The van der Waals surface area contributed by atoms with Crippen molar-refractivity contribution in [3.05, 3.63) is 35.9 Å². The Hall–Kier alpha value is -1.06. The summed E-state index contributed by atoms with van der Waals surface area (Å²) in [6.45, 7) is 3.39. The fraction of sp³-hybridized carbons (Fsp3) is 0.533. The number of carbonyl (C=O) groups excluding carboxylic acids is 1. The Morgan fingerprint density at radius 1 is 1.37 bits per heavy atom. The van der Waals surface area contributed by atoms with Crippen molar-refractivity contribution in [1.82, 2.24) is 4.90 Å². The lowest BCUT2D eigenvalue weighted by Gasteiger charge is -2.35. The van der Waals surface area contributed by atoms with Crippen LogP contribution in [-0.4, -0.2) is 29.9 Å². The standard InChI is InChI=1S/C15H22N2O.ClH/c1-12-7-5-6-10-17(12)15(18)14(11-16)13-8-3-2-4-9-13;/h2-4,8-9,12,14H,5-7,10-11,16H2,1H3;1H. The van der Waals surface area contributed by atoms with E-state index < -0.39 is 0 Å². The van der Waals surface area contributed by atoms with E-state index in [0.717, 1.165) is 24.9 Å². The van der Waals surface area contributed by atoms with E-state index in [0.29, 0.717) is 12.6 Å². The number of nitrogens with two attached hydrogens (primary N) is 1. The minimum Gasteiger partial charge on any atom is -0.339 e. The monoisotopic (exact) mass is 282 g/mol. The van der Waals surface area contributed by atoms with Crippen molar-refractivity contribution < 1.29 is 4.79 Å². The molecule has 2 atom stereocenters. The first-order valence-corrected chi connectivity index (χ1v) is 6.79. The van der Waals surface area contributed by atoms with Crippen LogP contribution in [0.3, 0.4) is 0 Å². The molecule has 0 aromatic heterocycles. The van der Waals surface area contributed by atoms with E-state index in [1.54, 1.807) is 0 Å². The zero-order valence-corrected chi connectivity index (χ0v) is 12.2. The van der Waals surface area contributed by atoms with Gasteiger partial charge >= 0.3 is 0 Å². The molecule has 1 aliphatic rings. The van der Waals surface area contributed by atoms with Crippen molar-refractivity contribution in [2.45, 2.75) is 38.1 Å². The molecule has 1 fully saturated rings. The minimum atomic E-state index is -0.188. The van der Waals surface area contributed by atoms with Crippen LogP contribution in [0, 0.1) is 0 Å². The third kappa shape index (κ3) is 3.71. The van der Waals surface area contributed by atoms with E-state index in [1.807, 2.05) is 35.2 Å². The Kier molecular flexibility index (Phi) is 6.32. The zero-order chi connectivity index (χ0) is 13.0. The average molecular weight is 283 g/mol. The van der Waals surface area contributed by atoms with Gasteiger partial charge in [0.2, 0.25) is 5.91 Å². The molecule has 1 saturated heterocycles. The van der Waals surface area contributed by atoms with E-state index in [4.69, 9.17) is 5.73 Å². The zero-order valence-electron chi connectivity index (χ0n) is 11.4. The SMILES string of the molecule is CC1CCCCN1C(=O)C(CN)c1ccccc1.Cl. The molecule has 0 spiro atoms. The van der Waals surface area contributed by atoms with Crippen molar-refractivity contribution in [3.63, 3.8) is 0 Å². The Morgan fingerprint density at radius 2 is 2.05 bits per heavy atom. The van der Waals surface area contributed by atoms with Crippen LogP contribution in [0.15, 0.2) is 30.3 Å². The van der Waals surface area contributed by atoms with Crippen LogP contribution in [0.4, 0.5) is 0 Å². The van der Waals surface area contributed by atoms with Crippen molar-refractivity contribution in [2.24, 2.45) is 5.73 Å². The molecule has 106 valence electrons. The van der Waals surface area contributed by atoms with Crippen molar-refractivity contribution in [1.29, 1.82) is 0 Å². The van der Waals surface area contributed by atoms with Gasteiger partial charge in [-0.1, -0.05) is 30.3 Å². The second kappa shape index (κ2) is 7.51. The maximum Gasteiger partial charge on any atom is 0.231 e. The normalized spacial score (nSPS) is 20.5. The minimum absolute atomic E-state index is 0. The smallest absolute Gasteiger partial charge is 0.231 e. The molecule has 0 bridgehead atoms. The first kappa shape index (κ1) is 16.0. The van der Waals surface area contributed by atoms with Gasteiger partial charge < -0.3 is 10.6 Å². The number of likely N-dealkylation sites (tertiary alicyclic amines) is 1. The fourth-order valence-corrected chi connectivity index (χ4v) is 2.69. The molecule has 3 nitrogen and oxygen atoms in total. The first-order valence-electron chi connectivity index (χ1n) is 6.79. The third-order valence-electron chi connectivity index (χ3n) is 3.82. The second-order valence-corrected chi connectivity index (χ2v) is 5.08. The molecule has 1 aromatic carbocycles. The quantitative estimate of drug-likeness (QED) is 0.926. The van der Waals surface area contributed by atoms with Gasteiger partial charge in [0, 0.05) is 19.1 Å². The highest BCUT2D eigenvalue weighted by Crippen LogP contribution is 2.23. The largest absolute Gasteiger partial charge is 0.339 e. The average Bonchev–Trinajstić information content (AvgIpc) is 2.41. The molecular weight excluding hydrogens is 260 g/mol. The lowest BCUT2D eigenvalue weighted by Crippen LogP contribution is -2.45. The number of nitrogens with zero attached hydrogens (tertiary/aromatic N) is 1. The third-order valence-corrected chi connectivity index (χ3v) is 3.82. The Labute approximate surface area is 121 Å². The fourth-order valence-electron chi connectivity index (χ4n) is 2.69. The predicted octanol–water partition coefficient (Wildman–Crippen LogP) is 2.55. The van der Waals surface area contributed by atoms with Crippen LogP contribution in [0.25, 0.3) is 0 Å². The molecule has 1 heterocycles. The summed E-state index contributed by atoms with van der Waals surface area (Å²) < 4.78 is 0. The molecule has 1 aromatic rings. The van der Waals surface area contributed by atoms with Crippen LogP contribution in [0.1, 0.15) is 37.7 Å². The lowest BCUT2D eigenvalue weighted by atomic mass is 9.95. The summed E-state index contributed by atoms with van der Waals surface area (Å²) >= 11 is 0. The maximum atomic E-state index is 12.6. The molecule has 0 radical (unpaired) electrons. The topological polar surface area (TPSA) is 46.3 Å². The van der Waals surface area contributed by atoms with E-state index in [9.17, 15) is 4.79 Å². The van der Waals surface area contributed by atoms with Gasteiger partial charge in [0.05, 0.1) is 5.92 Å². The van der Waals surface area contributed by atoms with Gasteiger partial charge in [0.25, 0.3) is 0 Å². The number of benzene rings is 1. The number of hydrogen-bond acceptors (Lipinski definition) is 2. The van der Waals surface area contributed by atoms with E-state index in [2.05, 4.69) is 6.92 Å². The van der Waals surface area contributed by atoms with Crippen LogP contribution in [0.2, 0.25) is 0 Å². The van der Waals surface area contributed by atoms with E-state index >= 15 is 0 Å². The summed E-state index contributed by atoms with van der Waals surface area (Å²) in [7, 11) is 0. The lowest BCUT2D eigenvalue weighted by molar-refractivity contribution is -0.135. The number of piperidine rings is 1. The molecule has 0 aliphatic carbocycles. The summed E-state index contributed by atoms with van der Waals surface area (Å²) in [6.07, 6.45) is 3.45. The van der Waals surface area contributed by atoms with Gasteiger partial charge in [-0.05, 0) is 31.7 Å². The molecule has 1 amide bonds. The van der Waals surface area contributed by atoms with Crippen LogP contribution in [0.5, 0.6) is 0 Å². The van der Waals surface area contributed by atoms with Gasteiger partial charge in [0.15, 0.2) is 0 Å². The van der Waals surface area contributed by atoms with Gasteiger partial charge in [-0.2, -0.15) is 0 Å². The number of hydrogen-bond donors (Lipinski definition) is 1. The maximum absolute atomic E-state index is 12.6. The number of carbonyl (C=O) groups is 1. The van der Waals surface area contributed by atoms with Gasteiger partial charge in [-0.3, -0.25) is 4.79 Å². The summed E-state index contributed by atoms with van der Waals surface area (Å²) in [5.41, 5.74) is 6.84.